The first kappa shape index (κ1) is 9.34. The minimum atomic E-state index is 0.566. The largest absolute Gasteiger partial charge is 0.232 e. The second-order valence-corrected chi connectivity index (χ2v) is 4.24. The van der Waals surface area contributed by atoms with Crippen LogP contribution in [0.2, 0.25) is 0 Å². The summed E-state index contributed by atoms with van der Waals surface area (Å²) in [6, 6.07) is 2.14. The number of hydrogen-bond acceptors (Lipinski definition) is 3. The first-order valence-corrected chi connectivity index (χ1v) is 5.57. The summed E-state index contributed by atoms with van der Waals surface area (Å²) in [5.74, 6) is 0. The molecular formula is C12H12N4. The molecule has 0 aliphatic heterocycles. The van der Waals surface area contributed by atoms with E-state index in [2.05, 4.69) is 16.2 Å². The van der Waals surface area contributed by atoms with Gasteiger partial charge in [-0.2, -0.15) is 10.4 Å². The molecule has 0 unspecified atom stereocenters. The molecule has 2 heterocycles. The average molecular weight is 212 g/mol. The maximum Gasteiger partial charge on any atom is 0.173 e. The van der Waals surface area contributed by atoms with Crippen LogP contribution >= 0.6 is 0 Å². The van der Waals surface area contributed by atoms with Crippen molar-refractivity contribution < 1.29 is 0 Å². The highest BCUT2D eigenvalue weighted by Gasteiger charge is 2.18. The molecule has 16 heavy (non-hydrogen) atoms. The van der Waals surface area contributed by atoms with Gasteiger partial charge < -0.3 is 0 Å². The van der Waals surface area contributed by atoms with Crippen molar-refractivity contribution in [1.29, 1.82) is 5.26 Å². The van der Waals surface area contributed by atoms with Crippen molar-refractivity contribution in [2.45, 2.75) is 32.6 Å². The van der Waals surface area contributed by atoms with E-state index in [-0.39, 0.29) is 0 Å². The Hall–Kier alpha value is -1.89. The zero-order chi connectivity index (χ0) is 11.1. The van der Waals surface area contributed by atoms with Crippen molar-refractivity contribution in [3.8, 4) is 6.07 Å². The first-order chi connectivity index (χ1) is 7.81. The molecule has 2 aromatic heterocycles. The number of rotatable bonds is 0. The van der Waals surface area contributed by atoms with E-state index in [0.717, 1.165) is 18.5 Å². The van der Waals surface area contributed by atoms with Crippen LogP contribution < -0.4 is 0 Å². The highest BCUT2D eigenvalue weighted by atomic mass is 15.3. The summed E-state index contributed by atoms with van der Waals surface area (Å²) in [6.07, 6.45) is 6.17. The van der Waals surface area contributed by atoms with Gasteiger partial charge in [0.15, 0.2) is 5.65 Å². The fraction of sp³-hybridized carbons (Fsp3) is 0.417. The summed E-state index contributed by atoms with van der Waals surface area (Å²) in [4.78, 5) is 4.50. The lowest BCUT2D eigenvalue weighted by atomic mass is 9.95. The van der Waals surface area contributed by atoms with Gasteiger partial charge in [0.05, 0.1) is 6.20 Å². The fourth-order valence-electron chi connectivity index (χ4n) is 2.47. The van der Waals surface area contributed by atoms with Gasteiger partial charge in [-0.1, -0.05) is 0 Å². The quantitative estimate of drug-likeness (QED) is 0.669. The standard InChI is InChI=1S/C12H12N4/c1-8-10-4-2-3-5-11(10)16-12(15-8)9(6-13)7-14-16/h7H,2-5H2,1H3. The lowest BCUT2D eigenvalue weighted by Gasteiger charge is -2.18. The number of fused-ring (bicyclic) bond motifs is 3. The Balaban J connectivity index is 2.39. The summed E-state index contributed by atoms with van der Waals surface area (Å²) in [7, 11) is 0. The van der Waals surface area contributed by atoms with Gasteiger partial charge in [-0.15, -0.1) is 0 Å². The van der Waals surface area contributed by atoms with Crippen molar-refractivity contribution in [3.05, 3.63) is 28.7 Å². The molecule has 1 aliphatic rings. The van der Waals surface area contributed by atoms with E-state index in [1.807, 2.05) is 11.4 Å². The van der Waals surface area contributed by atoms with E-state index in [1.165, 1.54) is 24.1 Å². The summed E-state index contributed by atoms with van der Waals surface area (Å²) in [5.41, 5.74) is 4.90. The highest BCUT2D eigenvalue weighted by molar-refractivity contribution is 5.56. The normalized spacial score (nSPS) is 14.8. The van der Waals surface area contributed by atoms with E-state index < -0.39 is 0 Å². The van der Waals surface area contributed by atoms with Gasteiger partial charge >= 0.3 is 0 Å². The average Bonchev–Trinajstić information content (AvgIpc) is 2.72. The molecule has 0 fully saturated rings. The van der Waals surface area contributed by atoms with Gasteiger partial charge in [-0.3, -0.25) is 0 Å². The molecule has 1 aliphatic carbocycles. The summed E-state index contributed by atoms with van der Waals surface area (Å²) in [6.45, 7) is 2.03. The van der Waals surface area contributed by atoms with Crippen LogP contribution in [0.5, 0.6) is 0 Å². The second-order valence-electron chi connectivity index (χ2n) is 4.24. The number of aryl methyl sites for hydroxylation is 2. The molecule has 0 atom stereocenters. The Morgan fingerprint density at radius 1 is 1.38 bits per heavy atom. The van der Waals surface area contributed by atoms with Crippen LogP contribution in [0.15, 0.2) is 6.20 Å². The third-order valence-electron chi connectivity index (χ3n) is 3.27. The molecule has 0 amide bonds. The second kappa shape index (κ2) is 3.31. The summed E-state index contributed by atoms with van der Waals surface area (Å²) >= 11 is 0. The van der Waals surface area contributed by atoms with Crippen molar-refractivity contribution in [1.82, 2.24) is 14.6 Å². The molecule has 2 aromatic rings. The molecule has 0 bridgehead atoms. The summed E-state index contributed by atoms with van der Waals surface area (Å²) < 4.78 is 1.85. The van der Waals surface area contributed by atoms with Gasteiger partial charge in [-0.25, -0.2) is 9.50 Å². The van der Waals surface area contributed by atoms with E-state index >= 15 is 0 Å². The molecule has 0 N–H and O–H groups in total. The summed E-state index contributed by atoms with van der Waals surface area (Å²) in [5, 5.41) is 13.3. The molecule has 3 rings (SSSR count). The van der Waals surface area contributed by atoms with Gasteiger partial charge in [0.25, 0.3) is 0 Å². The van der Waals surface area contributed by atoms with E-state index in [9.17, 15) is 0 Å². The van der Waals surface area contributed by atoms with Crippen molar-refractivity contribution in [3.63, 3.8) is 0 Å². The number of nitrogens with zero attached hydrogens (tertiary/aromatic N) is 4. The Morgan fingerprint density at radius 2 is 2.19 bits per heavy atom. The van der Waals surface area contributed by atoms with Gasteiger partial charge in [0.1, 0.15) is 11.6 Å². The predicted octanol–water partition coefficient (Wildman–Crippen LogP) is 1.79. The molecule has 0 radical (unpaired) electrons. The van der Waals surface area contributed by atoms with Crippen molar-refractivity contribution in [2.75, 3.05) is 0 Å². The van der Waals surface area contributed by atoms with Crippen LogP contribution in [0.4, 0.5) is 0 Å². The Bertz CT molecular complexity index is 603. The maximum absolute atomic E-state index is 8.98. The lowest BCUT2D eigenvalue weighted by Crippen LogP contribution is -2.13. The van der Waals surface area contributed by atoms with E-state index in [0.29, 0.717) is 11.2 Å². The zero-order valence-corrected chi connectivity index (χ0v) is 9.19. The first-order valence-electron chi connectivity index (χ1n) is 5.57. The van der Waals surface area contributed by atoms with Crippen LogP contribution in [0, 0.1) is 18.3 Å². The van der Waals surface area contributed by atoms with Gasteiger partial charge in [-0.05, 0) is 38.2 Å². The van der Waals surface area contributed by atoms with Crippen LogP contribution in [-0.4, -0.2) is 14.6 Å². The van der Waals surface area contributed by atoms with Gasteiger partial charge in [0.2, 0.25) is 0 Å². The van der Waals surface area contributed by atoms with Crippen molar-refractivity contribution >= 4 is 5.65 Å². The third kappa shape index (κ3) is 1.15. The smallest absolute Gasteiger partial charge is 0.173 e. The minimum Gasteiger partial charge on any atom is -0.232 e. The zero-order valence-electron chi connectivity index (χ0n) is 9.19. The van der Waals surface area contributed by atoms with Crippen LogP contribution in [0.1, 0.15) is 35.4 Å². The SMILES string of the molecule is Cc1nc2c(C#N)cnn2c2c1CCCC2. The molecule has 4 nitrogen and oxygen atoms in total. The third-order valence-corrected chi connectivity index (χ3v) is 3.27. The van der Waals surface area contributed by atoms with Crippen molar-refractivity contribution in [2.24, 2.45) is 0 Å². The van der Waals surface area contributed by atoms with Crippen LogP contribution in [0.25, 0.3) is 5.65 Å². The van der Waals surface area contributed by atoms with Gasteiger partial charge in [0, 0.05) is 11.4 Å². The van der Waals surface area contributed by atoms with E-state index in [4.69, 9.17) is 5.26 Å². The Labute approximate surface area is 93.5 Å². The predicted molar refractivity (Wildman–Crippen MR) is 59.1 cm³/mol. The molecule has 80 valence electrons. The Morgan fingerprint density at radius 3 is 3.00 bits per heavy atom. The Kier molecular flexibility index (Phi) is 1.93. The molecule has 0 saturated heterocycles. The number of nitriles is 1. The topological polar surface area (TPSA) is 54.0 Å². The molecule has 0 saturated carbocycles. The highest BCUT2D eigenvalue weighted by Crippen LogP contribution is 2.24. The molecular weight excluding hydrogens is 200 g/mol. The number of hydrogen-bond donors (Lipinski definition) is 0. The van der Waals surface area contributed by atoms with E-state index in [1.54, 1.807) is 6.20 Å². The molecule has 0 aromatic carbocycles. The molecule has 4 heteroatoms. The molecule has 0 spiro atoms. The fourth-order valence-corrected chi connectivity index (χ4v) is 2.47. The monoisotopic (exact) mass is 212 g/mol. The maximum atomic E-state index is 8.98. The minimum absolute atomic E-state index is 0.566. The number of aromatic nitrogens is 3. The van der Waals surface area contributed by atoms with Crippen LogP contribution in [-0.2, 0) is 12.8 Å². The van der Waals surface area contributed by atoms with Crippen LogP contribution in [0.3, 0.4) is 0 Å². The lowest BCUT2D eigenvalue weighted by molar-refractivity contribution is 0.635.